The van der Waals surface area contributed by atoms with Crippen molar-refractivity contribution in [3.05, 3.63) is 86.1 Å². The minimum Gasteiger partial charge on any atom is -0.507 e. The van der Waals surface area contributed by atoms with Crippen LogP contribution in [0.5, 0.6) is 5.75 Å². The average Bonchev–Trinajstić information content (AvgIpc) is 3.48. The molecule has 2 aromatic carbocycles. The molecule has 1 fully saturated rings. The third-order valence-corrected chi connectivity index (χ3v) is 7.26. The summed E-state index contributed by atoms with van der Waals surface area (Å²) in [5.41, 5.74) is 2.77. The van der Waals surface area contributed by atoms with Gasteiger partial charge in [0.1, 0.15) is 23.7 Å². The van der Waals surface area contributed by atoms with Crippen molar-refractivity contribution in [3.63, 3.8) is 0 Å². The number of nitrogens with zero attached hydrogens (tertiary/aromatic N) is 1. The minimum atomic E-state index is -0.740. The Hall–Kier alpha value is -3.09. The molecule has 1 saturated heterocycles. The van der Waals surface area contributed by atoms with Crippen LogP contribution in [-0.4, -0.2) is 22.9 Å². The van der Waals surface area contributed by atoms with E-state index in [0.29, 0.717) is 21.8 Å². The van der Waals surface area contributed by atoms with E-state index in [2.05, 4.69) is 0 Å². The molecule has 7 heteroatoms. The van der Waals surface area contributed by atoms with Gasteiger partial charge in [0.25, 0.3) is 11.7 Å². The summed E-state index contributed by atoms with van der Waals surface area (Å²) >= 11 is 7.74. The summed E-state index contributed by atoms with van der Waals surface area (Å²) in [4.78, 5) is 28.7. The SMILES string of the molecule is Cc1c(Cl)cccc1N1C(=O)C(=O)/C(=C(\O)c2ccc3c(c2)CC(C)O3)C1c1cccs1. The van der Waals surface area contributed by atoms with E-state index in [0.717, 1.165) is 22.6 Å². The van der Waals surface area contributed by atoms with Crippen molar-refractivity contribution in [3.8, 4) is 5.75 Å². The van der Waals surface area contributed by atoms with Crippen molar-refractivity contribution in [2.45, 2.75) is 32.4 Å². The highest BCUT2D eigenvalue weighted by Crippen LogP contribution is 2.45. The second kappa shape index (κ2) is 7.80. The molecular weight excluding hydrogens is 446 g/mol. The molecule has 5 rings (SSSR count). The summed E-state index contributed by atoms with van der Waals surface area (Å²) in [5.74, 6) is -0.816. The van der Waals surface area contributed by atoms with Gasteiger partial charge in [0.2, 0.25) is 0 Å². The predicted molar refractivity (Wildman–Crippen MR) is 126 cm³/mol. The number of anilines is 1. The van der Waals surface area contributed by atoms with Crippen LogP contribution in [0.2, 0.25) is 5.02 Å². The van der Waals surface area contributed by atoms with Gasteiger partial charge in [-0.2, -0.15) is 0 Å². The Kier molecular flexibility index (Phi) is 5.07. The molecule has 2 aliphatic rings. The fraction of sp³-hybridized carbons (Fsp3) is 0.200. The number of halogens is 1. The van der Waals surface area contributed by atoms with Gasteiger partial charge in [-0.3, -0.25) is 14.5 Å². The van der Waals surface area contributed by atoms with E-state index in [-0.39, 0.29) is 17.4 Å². The first kappa shape index (κ1) is 20.8. The van der Waals surface area contributed by atoms with Gasteiger partial charge in [-0.25, -0.2) is 0 Å². The van der Waals surface area contributed by atoms with E-state index >= 15 is 0 Å². The molecule has 2 atom stereocenters. The number of Topliss-reactive ketones (excluding diaryl/α,β-unsaturated/α-hetero) is 1. The third-order valence-electron chi connectivity index (χ3n) is 5.93. The standard InChI is InChI=1S/C25H20ClNO4S/c1-13-11-16-12-15(8-9-19(16)31-13)23(28)21-22(20-7-4-10-32-20)27(25(30)24(21)29)18-6-3-5-17(26)14(18)2/h3-10,12-13,22,28H,11H2,1-2H3/b23-21-. The first-order valence-corrected chi connectivity index (χ1v) is 11.5. The first-order valence-electron chi connectivity index (χ1n) is 10.3. The number of carbonyl (C=O) groups excluding carboxylic acids is 2. The molecule has 0 spiro atoms. The number of thiophene rings is 1. The van der Waals surface area contributed by atoms with Crippen molar-refractivity contribution < 1.29 is 19.4 Å². The van der Waals surface area contributed by atoms with E-state index in [1.54, 1.807) is 30.3 Å². The molecule has 0 aliphatic carbocycles. The largest absolute Gasteiger partial charge is 0.507 e. The zero-order valence-electron chi connectivity index (χ0n) is 17.5. The smallest absolute Gasteiger partial charge is 0.300 e. The molecule has 0 saturated carbocycles. The second-order valence-corrected chi connectivity index (χ2v) is 9.41. The van der Waals surface area contributed by atoms with Crippen LogP contribution >= 0.6 is 22.9 Å². The number of hydrogen-bond acceptors (Lipinski definition) is 5. The Balaban J connectivity index is 1.69. The van der Waals surface area contributed by atoms with E-state index in [1.165, 1.54) is 16.2 Å². The molecule has 2 unspecified atom stereocenters. The molecule has 3 aromatic rings. The molecular formula is C25H20ClNO4S. The molecule has 1 amide bonds. The van der Waals surface area contributed by atoms with Crippen LogP contribution in [0.4, 0.5) is 5.69 Å². The predicted octanol–water partition coefficient (Wildman–Crippen LogP) is 5.66. The number of benzene rings is 2. The van der Waals surface area contributed by atoms with E-state index in [9.17, 15) is 14.7 Å². The van der Waals surface area contributed by atoms with Gasteiger partial charge in [-0.15, -0.1) is 11.3 Å². The number of carbonyl (C=O) groups is 2. The molecule has 32 heavy (non-hydrogen) atoms. The lowest BCUT2D eigenvalue weighted by atomic mass is 9.98. The van der Waals surface area contributed by atoms with Crippen LogP contribution in [0, 0.1) is 6.92 Å². The molecule has 0 radical (unpaired) electrons. The van der Waals surface area contributed by atoms with Crippen molar-refractivity contribution >= 4 is 46.1 Å². The Morgan fingerprint density at radius 2 is 2.00 bits per heavy atom. The van der Waals surface area contributed by atoms with Crippen molar-refractivity contribution in [2.75, 3.05) is 4.90 Å². The summed E-state index contributed by atoms with van der Waals surface area (Å²) in [6, 6.07) is 13.6. The zero-order valence-corrected chi connectivity index (χ0v) is 19.0. The third kappa shape index (κ3) is 3.22. The Labute approximate surface area is 194 Å². The Bertz CT molecular complexity index is 1280. The van der Waals surface area contributed by atoms with Gasteiger partial charge in [-0.1, -0.05) is 23.7 Å². The summed E-state index contributed by atoms with van der Waals surface area (Å²) in [7, 11) is 0. The van der Waals surface area contributed by atoms with Gasteiger partial charge in [0, 0.05) is 27.6 Å². The van der Waals surface area contributed by atoms with Gasteiger partial charge in [0.05, 0.1) is 5.57 Å². The van der Waals surface area contributed by atoms with Gasteiger partial charge >= 0.3 is 0 Å². The lowest BCUT2D eigenvalue weighted by molar-refractivity contribution is -0.132. The number of rotatable bonds is 3. The van der Waals surface area contributed by atoms with Gasteiger partial charge in [-0.05, 0) is 66.8 Å². The zero-order chi connectivity index (χ0) is 22.6. The fourth-order valence-corrected chi connectivity index (χ4v) is 5.37. The topological polar surface area (TPSA) is 66.8 Å². The quantitative estimate of drug-likeness (QED) is 0.308. The molecule has 0 bridgehead atoms. The van der Waals surface area contributed by atoms with E-state index in [4.69, 9.17) is 16.3 Å². The Morgan fingerprint density at radius 3 is 2.75 bits per heavy atom. The highest BCUT2D eigenvalue weighted by molar-refractivity contribution is 7.10. The summed E-state index contributed by atoms with van der Waals surface area (Å²) in [5, 5.41) is 13.7. The lowest BCUT2D eigenvalue weighted by Crippen LogP contribution is -2.29. The van der Waals surface area contributed by atoms with E-state index < -0.39 is 17.7 Å². The van der Waals surface area contributed by atoms with Crippen LogP contribution in [-0.2, 0) is 16.0 Å². The molecule has 162 valence electrons. The molecule has 3 heterocycles. The molecule has 5 nitrogen and oxygen atoms in total. The van der Waals surface area contributed by atoms with Crippen molar-refractivity contribution in [1.82, 2.24) is 0 Å². The lowest BCUT2D eigenvalue weighted by Gasteiger charge is -2.26. The number of ether oxygens (including phenoxy) is 1. The molecule has 1 N–H and O–H groups in total. The number of fused-ring (bicyclic) bond motifs is 1. The van der Waals surface area contributed by atoms with Gasteiger partial charge < -0.3 is 9.84 Å². The van der Waals surface area contributed by atoms with Crippen molar-refractivity contribution in [2.24, 2.45) is 0 Å². The Morgan fingerprint density at radius 1 is 1.19 bits per heavy atom. The number of ketones is 1. The van der Waals surface area contributed by atoms with Crippen LogP contribution in [0.3, 0.4) is 0 Å². The fourth-order valence-electron chi connectivity index (χ4n) is 4.38. The maximum Gasteiger partial charge on any atom is 0.300 e. The summed E-state index contributed by atoms with van der Waals surface area (Å²) in [6.07, 6.45) is 0.783. The normalized spacial score (nSPS) is 21.7. The number of aliphatic hydroxyl groups excluding tert-OH is 1. The van der Waals surface area contributed by atoms with Crippen LogP contribution in [0.1, 0.15) is 34.5 Å². The average molecular weight is 466 g/mol. The maximum absolute atomic E-state index is 13.2. The van der Waals surface area contributed by atoms with Crippen LogP contribution < -0.4 is 9.64 Å². The number of hydrogen-bond donors (Lipinski definition) is 1. The first-order chi connectivity index (χ1) is 15.4. The highest BCUT2D eigenvalue weighted by atomic mass is 35.5. The van der Waals surface area contributed by atoms with Crippen molar-refractivity contribution in [1.29, 1.82) is 0 Å². The minimum absolute atomic E-state index is 0.0601. The molecule has 1 aromatic heterocycles. The monoisotopic (exact) mass is 465 g/mol. The summed E-state index contributed by atoms with van der Waals surface area (Å²) in [6.45, 7) is 3.79. The highest BCUT2D eigenvalue weighted by Gasteiger charge is 2.48. The maximum atomic E-state index is 13.2. The van der Waals surface area contributed by atoms with Gasteiger partial charge in [0.15, 0.2) is 0 Å². The summed E-state index contributed by atoms with van der Waals surface area (Å²) < 4.78 is 5.75. The van der Waals surface area contributed by atoms with E-state index in [1.807, 2.05) is 37.4 Å². The number of aliphatic hydroxyl groups is 1. The molecule has 2 aliphatic heterocycles. The van der Waals surface area contributed by atoms with Crippen LogP contribution in [0.15, 0.2) is 59.5 Å². The van der Waals surface area contributed by atoms with Crippen LogP contribution in [0.25, 0.3) is 5.76 Å². The second-order valence-electron chi connectivity index (χ2n) is 8.02. The number of amides is 1.